The van der Waals surface area contributed by atoms with Crippen LogP contribution in [0.5, 0.6) is 0 Å². The minimum Gasteiger partial charge on any atom is -0.350 e. The van der Waals surface area contributed by atoms with Gasteiger partial charge in [-0.05, 0) is 49.9 Å². The molecular formula is C17H25BrN2O2. The molecule has 0 aromatic heterocycles. The molecule has 5 heteroatoms. The van der Waals surface area contributed by atoms with Crippen LogP contribution >= 0.6 is 15.9 Å². The summed E-state index contributed by atoms with van der Waals surface area (Å²) in [5.74, 6) is -0.434. The third-order valence-electron chi connectivity index (χ3n) is 2.97. The molecule has 122 valence electrons. The molecule has 0 aliphatic heterocycles. The van der Waals surface area contributed by atoms with Gasteiger partial charge in [0.15, 0.2) is 0 Å². The van der Waals surface area contributed by atoms with E-state index in [-0.39, 0.29) is 29.3 Å². The first-order valence-electron chi connectivity index (χ1n) is 7.33. The third-order valence-corrected chi connectivity index (χ3v) is 3.49. The SMILES string of the molecule is CC(C)(C)CC(C)(C)NC(=O)CNC(=O)c1ccc(Br)cc1. The van der Waals surface area contributed by atoms with Gasteiger partial charge in [0.25, 0.3) is 5.91 Å². The summed E-state index contributed by atoms with van der Waals surface area (Å²) in [4.78, 5) is 23.9. The summed E-state index contributed by atoms with van der Waals surface area (Å²) in [5, 5.41) is 5.60. The molecule has 0 atom stereocenters. The third kappa shape index (κ3) is 7.07. The number of amides is 2. The molecule has 0 radical (unpaired) electrons. The maximum absolute atomic E-state index is 12.0. The molecule has 2 N–H and O–H groups in total. The number of nitrogens with one attached hydrogen (secondary N) is 2. The molecule has 2 amide bonds. The van der Waals surface area contributed by atoms with Gasteiger partial charge < -0.3 is 10.6 Å². The Morgan fingerprint density at radius 2 is 1.59 bits per heavy atom. The van der Waals surface area contributed by atoms with Gasteiger partial charge in [0.2, 0.25) is 5.91 Å². The molecule has 0 saturated carbocycles. The molecule has 1 aromatic carbocycles. The Labute approximate surface area is 141 Å². The average Bonchev–Trinajstić information content (AvgIpc) is 2.33. The van der Waals surface area contributed by atoms with Crippen molar-refractivity contribution in [1.29, 1.82) is 0 Å². The van der Waals surface area contributed by atoms with Crippen molar-refractivity contribution in [2.24, 2.45) is 5.41 Å². The maximum atomic E-state index is 12.0. The highest BCUT2D eigenvalue weighted by molar-refractivity contribution is 9.10. The van der Waals surface area contributed by atoms with Crippen LogP contribution in [-0.4, -0.2) is 23.9 Å². The molecular weight excluding hydrogens is 344 g/mol. The standard InChI is InChI=1S/C17H25BrN2O2/c1-16(2,3)11-17(4,5)20-14(21)10-19-15(22)12-6-8-13(18)9-7-12/h6-9H,10-11H2,1-5H3,(H,19,22)(H,20,21). The zero-order chi connectivity index (χ0) is 17.0. The molecule has 0 spiro atoms. The van der Waals surface area contributed by atoms with Crippen molar-refractivity contribution < 1.29 is 9.59 Å². The maximum Gasteiger partial charge on any atom is 0.251 e. The summed E-state index contributed by atoms with van der Waals surface area (Å²) in [7, 11) is 0. The lowest BCUT2D eigenvalue weighted by atomic mass is 9.82. The number of hydrogen-bond acceptors (Lipinski definition) is 2. The van der Waals surface area contributed by atoms with Gasteiger partial charge in [-0.25, -0.2) is 0 Å². The number of halogens is 1. The first-order chi connectivity index (χ1) is 9.98. The second kappa shape index (κ2) is 7.27. The van der Waals surface area contributed by atoms with Crippen molar-refractivity contribution in [3.05, 3.63) is 34.3 Å². The summed E-state index contributed by atoms with van der Waals surface area (Å²) in [6, 6.07) is 7.00. The Bertz CT molecular complexity index is 531. The molecule has 0 heterocycles. The molecule has 0 aliphatic carbocycles. The van der Waals surface area contributed by atoms with E-state index in [4.69, 9.17) is 0 Å². The lowest BCUT2D eigenvalue weighted by Gasteiger charge is -2.33. The fourth-order valence-electron chi connectivity index (χ4n) is 2.66. The Balaban J connectivity index is 2.49. The fraction of sp³-hybridized carbons (Fsp3) is 0.529. The minimum atomic E-state index is -0.308. The van der Waals surface area contributed by atoms with Crippen molar-refractivity contribution in [2.75, 3.05) is 6.54 Å². The lowest BCUT2D eigenvalue weighted by molar-refractivity contribution is -0.122. The van der Waals surface area contributed by atoms with Crippen LogP contribution in [0, 0.1) is 5.41 Å². The molecule has 0 unspecified atom stereocenters. The first-order valence-corrected chi connectivity index (χ1v) is 8.13. The average molecular weight is 369 g/mol. The summed E-state index contributed by atoms with van der Waals surface area (Å²) in [5.41, 5.74) is 0.347. The van der Waals surface area contributed by atoms with Crippen LogP contribution in [0.15, 0.2) is 28.7 Å². The zero-order valence-corrected chi connectivity index (χ0v) is 15.5. The van der Waals surface area contributed by atoms with Gasteiger partial charge in [-0.1, -0.05) is 36.7 Å². The van der Waals surface area contributed by atoms with Gasteiger partial charge in [-0.15, -0.1) is 0 Å². The number of rotatable bonds is 5. The van der Waals surface area contributed by atoms with E-state index >= 15 is 0 Å². The molecule has 0 fully saturated rings. The molecule has 1 aromatic rings. The Hall–Kier alpha value is -1.36. The van der Waals surface area contributed by atoms with Gasteiger partial charge >= 0.3 is 0 Å². The monoisotopic (exact) mass is 368 g/mol. The van der Waals surface area contributed by atoms with Crippen molar-refractivity contribution in [1.82, 2.24) is 10.6 Å². The van der Waals surface area contributed by atoms with E-state index in [0.717, 1.165) is 10.9 Å². The number of carbonyl (C=O) groups excluding carboxylic acids is 2. The van der Waals surface area contributed by atoms with Crippen LogP contribution < -0.4 is 10.6 Å². The second-order valence-electron chi connectivity index (χ2n) is 7.36. The van der Waals surface area contributed by atoms with Crippen LogP contribution in [0.3, 0.4) is 0 Å². The summed E-state index contributed by atoms with van der Waals surface area (Å²) >= 11 is 3.32. The van der Waals surface area contributed by atoms with Gasteiger partial charge in [-0.2, -0.15) is 0 Å². The minimum absolute atomic E-state index is 0.0253. The van der Waals surface area contributed by atoms with Crippen LogP contribution in [0.1, 0.15) is 51.4 Å². The summed E-state index contributed by atoms with van der Waals surface area (Å²) < 4.78 is 0.908. The van der Waals surface area contributed by atoms with Gasteiger partial charge in [0.1, 0.15) is 0 Å². The molecule has 22 heavy (non-hydrogen) atoms. The van der Waals surface area contributed by atoms with E-state index < -0.39 is 0 Å². The highest BCUT2D eigenvalue weighted by Gasteiger charge is 2.26. The first kappa shape index (κ1) is 18.7. The Morgan fingerprint density at radius 1 is 1.05 bits per heavy atom. The van der Waals surface area contributed by atoms with Crippen molar-refractivity contribution >= 4 is 27.7 Å². The normalized spacial score (nSPS) is 11.9. The fourth-order valence-corrected chi connectivity index (χ4v) is 2.92. The van der Waals surface area contributed by atoms with Gasteiger partial charge in [0, 0.05) is 15.6 Å². The topological polar surface area (TPSA) is 58.2 Å². The zero-order valence-electron chi connectivity index (χ0n) is 13.9. The highest BCUT2D eigenvalue weighted by atomic mass is 79.9. The van der Waals surface area contributed by atoms with E-state index in [1.54, 1.807) is 24.3 Å². The van der Waals surface area contributed by atoms with Crippen molar-refractivity contribution in [3.63, 3.8) is 0 Å². The quantitative estimate of drug-likeness (QED) is 0.835. The Morgan fingerprint density at radius 3 is 2.09 bits per heavy atom. The van der Waals surface area contributed by atoms with Crippen LogP contribution in [0.25, 0.3) is 0 Å². The van der Waals surface area contributed by atoms with Crippen LogP contribution in [-0.2, 0) is 4.79 Å². The predicted molar refractivity (Wildman–Crippen MR) is 92.8 cm³/mol. The Kier molecular flexibility index (Phi) is 6.17. The van der Waals surface area contributed by atoms with Gasteiger partial charge in [0.05, 0.1) is 6.54 Å². The number of hydrogen-bond donors (Lipinski definition) is 2. The van der Waals surface area contributed by atoms with Crippen molar-refractivity contribution in [3.8, 4) is 0 Å². The smallest absolute Gasteiger partial charge is 0.251 e. The van der Waals surface area contributed by atoms with E-state index in [9.17, 15) is 9.59 Å². The number of carbonyl (C=O) groups is 2. The molecule has 0 bridgehead atoms. The molecule has 1 rings (SSSR count). The summed E-state index contributed by atoms with van der Waals surface area (Å²) in [6.45, 7) is 10.4. The predicted octanol–water partition coefficient (Wildman–Crippen LogP) is 3.51. The molecule has 0 aliphatic rings. The van der Waals surface area contributed by atoms with Crippen LogP contribution in [0.2, 0.25) is 0 Å². The molecule has 0 saturated heterocycles. The number of benzene rings is 1. The van der Waals surface area contributed by atoms with E-state index in [2.05, 4.69) is 47.3 Å². The molecule has 4 nitrogen and oxygen atoms in total. The summed E-state index contributed by atoms with van der Waals surface area (Å²) in [6.07, 6.45) is 0.854. The van der Waals surface area contributed by atoms with E-state index in [0.29, 0.717) is 5.56 Å². The van der Waals surface area contributed by atoms with E-state index in [1.165, 1.54) is 0 Å². The van der Waals surface area contributed by atoms with Crippen molar-refractivity contribution in [2.45, 2.75) is 46.6 Å². The lowest BCUT2D eigenvalue weighted by Crippen LogP contribution is -2.49. The van der Waals surface area contributed by atoms with E-state index in [1.807, 2.05) is 13.8 Å². The van der Waals surface area contributed by atoms with Crippen LogP contribution in [0.4, 0.5) is 0 Å². The van der Waals surface area contributed by atoms with Gasteiger partial charge in [-0.3, -0.25) is 9.59 Å². The highest BCUT2D eigenvalue weighted by Crippen LogP contribution is 2.26. The largest absolute Gasteiger partial charge is 0.350 e. The second-order valence-corrected chi connectivity index (χ2v) is 8.27.